The smallest absolute Gasteiger partial charge is 0.462 e. The third kappa shape index (κ3) is 82.8. The number of hydrogen-bond donors (Lipinski definition) is 1. The highest BCUT2D eigenvalue weighted by molar-refractivity contribution is 7.47. The monoisotopic (exact) mass is 1410 g/mol. The van der Waals surface area contributed by atoms with Crippen LogP contribution in [-0.2, 0) is 32.7 Å². The van der Waals surface area contributed by atoms with E-state index in [1.54, 1.807) is 0 Å². The molecule has 1 N–H and O–H groups in total. The molecule has 9 nitrogen and oxygen atoms in total. The standard InChI is InChI=1S/C90H156NO8P/c1-6-8-10-12-14-16-18-20-22-24-26-28-30-32-34-36-38-40-42-43-44-45-46-47-49-51-53-55-57-59-61-63-65-67-69-71-73-75-77-79-81-83-90(93)99-88(87-98-100(94,95)97-85-84-91(3,4)5)86-96-89(92)82-80-78-76-74-72-70-68-66-64-62-60-58-56-54-52-50-48-41-39-37-35-33-31-29-27-25-23-21-19-17-15-13-11-9-7-2/h8,10,14,16,20,22,26,28,32,34,38,40,43-44,46-47,51,53,57,59,63,65,69,71,88H,6-7,9,11-13,15,17-19,21,23-25,27,29-31,33,35-37,39,41-42,45,48-50,52,54-56,58,60-62,64,66-68,70,72-87H2,1-5H3/p+1/b10-8-,16-14-,22-20-,28-26-,34-32-,40-38-,44-43-,47-46-,53-51-,59-57-,65-63-,71-69-. The van der Waals surface area contributed by atoms with Crippen molar-refractivity contribution in [2.24, 2.45) is 0 Å². The topological polar surface area (TPSA) is 108 Å². The fourth-order valence-electron chi connectivity index (χ4n) is 11.6. The number of likely N-dealkylation sites (N-methyl/N-ethyl adjacent to an activating group) is 1. The third-order valence-electron chi connectivity index (χ3n) is 17.9. The molecule has 10 heteroatoms. The Morgan fingerprint density at radius 3 is 0.850 bits per heavy atom. The van der Waals surface area contributed by atoms with Gasteiger partial charge in [-0.25, -0.2) is 4.57 Å². The van der Waals surface area contributed by atoms with E-state index < -0.39 is 26.5 Å². The predicted octanol–water partition coefficient (Wildman–Crippen LogP) is 28.1. The Morgan fingerprint density at radius 1 is 0.320 bits per heavy atom. The summed E-state index contributed by atoms with van der Waals surface area (Å²) in [5.74, 6) is -0.822. The van der Waals surface area contributed by atoms with Crippen molar-refractivity contribution in [3.8, 4) is 0 Å². The summed E-state index contributed by atoms with van der Waals surface area (Å²) in [4.78, 5) is 36.0. The van der Waals surface area contributed by atoms with Crippen molar-refractivity contribution in [3.63, 3.8) is 0 Å². The minimum atomic E-state index is -4.41. The lowest BCUT2D eigenvalue weighted by Crippen LogP contribution is -2.37. The van der Waals surface area contributed by atoms with Gasteiger partial charge < -0.3 is 18.9 Å². The van der Waals surface area contributed by atoms with Gasteiger partial charge in [0, 0.05) is 12.8 Å². The maximum Gasteiger partial charge on any atom is 0.472 e. The number of quaternary nitrogens is 1. The van der Waals surface area contributed by atoms with Crippen molar-refractivity contribution in [2.75, 3.05) is 47.5 Å². The molecule has 0 fully saturated rings. The molecule has 0 aliphatic heterocycles. The van der Waals surface area contributed by atoms with Crippen LogP contribution in [0.25, 0.3) is 0 Å². The molecule has 0 aliphatic rings. The minimum Gasteiger partial charge on any atom is -0.462 e. The second-order valence-corrected chi connectivity index (χ2v) is 30.2. The van der Waals surface area contributed by atoms with Gasteiger partial charge in [0.2, 0.25) is 0 Å². The first-order valence-corrected chi connectivity index (χ1v) is 43.1. The van der Waals surface area contributed by atoms with E-state index in [9.17, 15) is 19.0 Å². The van der Waals surface area contributed by atoms with Crippen molar-refractivity contribution in [2.45, 2.75) is 367 Å². The van der Waals surface area contributed by atoms with E-state index in [0.29, 0.717) is 17.4 Å². The first kappa shape index (κ1) is 95.9. The van der Waals surface area contributed by atoms with Crippen molar-refractivity contribution < 1.29 is 42.1 Å². The van der Waals surface area contributed by atoms with Crippen LogP contribution < -0.4 is 0 Å². The number of carbonyl (C=O) groups is 2. The number of unbranched alkanes of at least 4 members (excludes halogenated alkanes) is 38. The van der Waals surface area contributed by atoms with E-state index in [2.05, 4.69) is 160 Å². The Balaban J connectivity index is 4.05. The van der Waals surface area contributed by atoms with E-state index in [-0.39, 0.29) is 32.0 Å². The van der Waals surface area contributed by atoms with Crippen molar-refractivity contribution in [3.05, 3.63) is 146 Å². The zero-order chi connectivity index (χ0) is 72.5. The van der Waals surface area contributed by atoms with Crippen LogP contribution in [0.3, 0.4) is 0 Å². The number of rotatable bonds is 76. The molecule has 0 radical (unpaired) electrons. The molecule has 100 heavy (non-hydrogen) atoms. The molecule has 0 aromatic heterocycles. The summed E-state index contributed by atoms with van der Waals surface area (Å²) < 4.78 is 34.8. The van der Waals surface area contributed by atoms with E-state index in [1.165, 1.54) is 205 Å². The molecule has 0 rings (SSSR count). The quantitative estimate of drug-likeness (QED) is 0.0211. The fourth-order valence-corrected chi connectivity index (χ4v) is 12.3. The normalized spacial score (nSPS) is 13.8. The van der Waals surface area contributed by atoms with Gasteiger partial charge in [0.25, 0.3) is 0 Å². The summed E-state index contributed by atoms with van der Waals surface area (Å²) in [6.07, 6.45) is 117. The maximum atomic E-state index is 12.9. The van der Waals surface area contributed by atoms with Gasteiger partial charge in [-0.15, -0.1) is 0 Å². The Hall–Kier alpha value is -4.11. The first-order valence-electron chi connectivity index (χ1n) is 41.6. The Labute approximate surface area is 618 Å². The summed E-state index contributed by atoms with van der Waals surface area (Å²) in [6.45, 7) is 4.32. The zero-order valence-electron chi connectivity index (χ0n) is 65.6. The van der Waals surface area contributed by atoms with Crippen LogP contribution in [0.5, 0.6) is 0 Å². The van der Waals surface area contributed by atoms with Crippen LogP contribution >= 0.6 is 7.82 Å². The first-order chi connectivity index (χ1) is 49.0. The summed E-state index contributed by atoms with van der Waals surface area (Å²) in [5.41, 5.74) is 0. The number of hydrogen-bond acceptors (Lipinski definition) is 7. The molecular weight excluding hydrogens is 1250 g/mol. The van der Waals surface area contributed by atoms with Crippen LogP contribution in [0.1, 0.15) is 361 Å². The Morgan fingerprint density at radius 2 is 0.570 bits per heavy atom. The van der Waals surface area contributed by atoms with Crippen LogP contribution in [-0.4, -0.2) is 74.9 Å². The number of phosphoric ester groups is 1. The van der Waals surface area contributed by atoms with Crippen LogP contribution in [0.15, 0.2) is 146 Å². The second-order valence-electron chi connectivity index (χ2n) is 28.8. The Kier molecular flexibility index (Phi) is 75.8. The average molecular weight is 1410 g/mol. The summed E-state index contributed by atoms with van der Waals surface area (Å²) in [6, 6.07) is 0. The van der Waals surface area contributed by atoms with Gasteiger partial charge in [-0.05, 0) is 103 Å². The number of phosphoric acid groups is 1. The van der Waals surface area contributed by atoms with E-state index in [0.717, 1.165) is 122 Å². The maximum absolute atomic E-state index is 12.9. The van der Waals surface area contributed by atoms with Gasteiger partial charge in [-0.1, -0.05) is 391 Å². The molecule has 2 atom stereocenters. The van der Waals surface area contributed by atoms with E-state index >= 15 is 0 Å². The summed E-state index contributed by atoms with van der Waals surface area (Å²) in [5, 5.41) is 0. The fraction of sp³-hybridized carbons (Fsp3) is 0.711. The SMILES string of the molecule is CC/C=C\C/C=C\C/C=C\C/C=C\C/C=C\C/C=C\C/C=C\C/C=C\C/C=C\C/C=C\C/C=C\C/C=C\CCCCCCC(=O)OC(COC(=O)CCCCCCCCCCCCCCCCCCCCCCCCCCCCCCCCCCCCC)COP(=O)(O)OCC[N+](C)(C)C. The molecule has 0 bridgehead atoms. The number of allylic oxidation sites excluding steroid dienone is 24. The van der Waals surface area contributed by atoms with Crippen molar-refractivity contribution in [1.82, 2.24) is 0 Å². The van der Waals surface area contributed by atoms with E-state index in [1.807, 2.05) is 21.1 Å². The molecule has 0 aromatic rings. The molecular formula is C90H157NO8P+. The number of carbonyl (C=O) groups excluding carboxylic acids is 2. The second kappa shape index (κ2) is 79.0. The van der Waals surface area contributed by atoms with Crippen LogP contribution in [0.2, 0.25) is 0 Å². The van der Waals surface area contributed by atoms with Crippen LogP contribution in [0, 0.1) is 0 Å². The van der Waals surface area contributed by atoms with Gasteiger partial charge in [-0.3, -0.25) is 18.6 Å². The molecule has 0 saturated heterocycles. The van der Waals surface area contributed by atoms with E-state index in [4.69, 9.17) is 18.5 Å². The third-order valence-corrected chi connectivity index (χ3v) is 18.9. The molecule has 0 amide bonds. The highest BCUT2D eigenvalue weighted by Crippen LogP contribution is 2.43. The lowest BCUT2D eigenvalue weighted by molar-refractivity contribution is -0.870. The van der Waals surface area contributed by atoms with Crippen molar-refractivity contribution >= 4 is 19.8 Å². The number of ether oxygens (including phenoxy) is 2. The van der Waals surface area contributed by atoms with Crippen molar-refractivity contribution in [1.29, 1.82) is 0 Å². The molecule has 2 unspecified atom stereocenters. The van der Waals surface area contributed by atoms with Gasteiger partial charge in [0.05, 0.1) is 27.7 Å². The average Bonchev–Trinajstić information content (AvgIpc) is 1.30. The lowest BCUT2D eigenvalue weighted by atomic mass is 10.0. The molecule has 0 heterocycles. The molecule has 0 aliphatic carbocycles. The van der Waals surface area contributed by atoms with Gasteiger partial charge in [0.1, 0.15) is 19.8 Å². The molecule has 574 valence electrons. The van der Waals surface area contributed by atoms with Gasteiger partial charge >= 0.3 is 19.8 Å². The highest BCUT2D eigenvalue weighted by Gasteiger charge is 2.27. The van der Waals surface area contributed by atoms with Crippen LogP contribution in [0.4, 0.5) is 0 Å². The summed E-state index contributed by atoms with van der Waals surface area (Å²) >= 11 is 0. The molecule has 0 aromatic carbocycles. The van der Waals surface area contributed by atoms with Gasteiger partial charge in [-0.2, -0.15) is 0 Å². The predicted molar refractivity (Wildman–Crippen MR) is 436 cm³/mol. The lowest BCUT2D eigenvalue weighted by Gasteiger charge is -2.24. The Bertz CT molecular complexity index is 2210. The van der Waals surface area contributed by atoms with Gasteiger partial charge in [0.15, 0.2) is 6.10 Å². The highest BCUT2D eigenvalue weighted by atomic mass is 31.2. The number of esters is 2. The molecule has 0 spiro atoms. The minimum absolute atomic E-state index is 0.0209. The number of nitrogens with zero attached hydrogens (tertiary/aromatic N) is 1. The zero-order valence-corrected chi connectivity index (χ0v) is 66.5. The molecule has 0 saturated carbocycles. The largest absolute Gasteiger partial charge is 0.472 e. The summed E-state index contributed by atoms with van der Waals surface area (Å²) in [7, 11) is 1.45.